The Kier molecular flexibility index (Phi) is 6.48. The van der Waals surface area contributed by atoms with Gasteiger partial charge in [0, 0.05) is 5.56 Å². The van der Waals surface area contributed by atoms with E-state index in [1.54, 1.807) is 41.8 Å². The number of carbonyl (C=O) groups excluding carboxylic acids is 1. The molecular weight excluding hydrogens is 412 g/mol. The van der Waals surface area contributed by atoms with Crippen LogP contribution in [0.25, 0.3) is 11.1 Å². The van der Waals surface area contributed by atoms with Gasteiger partial charge < -0.3 is 4.74 Å². The Morgan fingerprint density at radius 1 is 1.00 bits per heavy atom. The van der Waals surface area contributed by atoms with E-state index in [4.69, 9.17) is 4.74 Å². The van der Waals surface area contributed by atoms with Crippen LogP contribution in [-0.4, -0.2) is 19.2 Å². The highest BCUT2D eigenvalue weighted by Gasteiger charge is 2.38. The van der Waals surface area contributed by atoms with Crippen LogP contribution in [0.5, 0.6) is 5.75 Å². The van der Waals surface area contributed by atoms with Crippen molar-refractivity contribution in [3.8, 4) is 16.9 Å². The van der Waals surface area contributed by atoms with E-state index in [-0.39, 0.29) is 5.82 Å². The van der Waals surface area contributed by atoms with E-state index >= 15 is 0 Å². The number of amides is 1. The van der Waals surface area contributed by atoms with Gasteiger partial charge in [0.05, 0.1) is 12.8 Å². The van der Waals surface area contributed by atoms with Gasteiger partial charge in [-0.05, 0) is 65.9 Å². The number of hydrogen-bond donors (Lipinski definition) is 2. The largest absolute Gasteiger partial charge is 0.497 e. The molecule has 0 saturated carbocycles. The molecule has 0 fully saturated rings. The molecule has 0 bridgehead atoms. The molecule has 0 heterocycles. The number of halogens is 4. The number of rotatable bonds is 6. The van der Waals surface area contributed by atoms with Crippen molar-refractivity contribution in [2.24, 2.45) is 0 Å². The maximum atomic E-state index is 14.2. The number of benzene rings is 3. The predicted octanol–water partition coefficient (Wildman–Crippen LogP) is 5.41. The Morgan fingerprint density at radius 2 is 1.71 bits per heavy atom. The van der Waals surface area contributed by atoms with Gasteiger partial charge in [-0.1, -0.05) is 30.3 Å². The minimum absolute atomic E-state index is 0.321. The molecule has 3 aromatic carbocycles. The minimum Gasteiger partial charge on any atom is -0.497 e. The lowest BCUT2D eigenvalue weighted by Crippen LogP contribution is -2.40. The molecule has 0 saturated heterocycles. The van der Waals surface area contributed by atoms with E-state index in [9.17, 15) is 22.4 Å². The van der Waals surface area contributed by atoms with Crippen LogP contribution in [0.15, 0.2) is 60.7 Å². The van der Waals surface area contributed by atoms with Crippen LogP contribution in [0.2, 0.25) is 0 Å². The average molecular weight is 432 g/mol. The van der Waals surface area contributed by atoms with E-state index in [1.165, 1.54) is 13.2 Å². The summed E-state index contributed by atoms with van der Waals surface area (Å²) in [5.41, 5.74) is 8.26. The zero-order chi connectivity index (χ0) is 22.6. The third kappa shape index (κ3) is 5.53. The Hall–Kier alpha value is -3.55. The highest BCUT2D eigenvalue weighted by atomic mass is 19.4. The minimum atomic E-state index is -4.95. The lowest BCUT2D eigenvalue weighted by molar-refractivity contribution is -0.173. The number of ether oxygens (including phenoxy) is 1. The lowest BCUT2D eigenvalue weighted by atomic mass is 9.95. The zero-order valence-corrected chi connectivity index (χ0v) is 16.8. The molecule has 0 unspecified atom stereocenters. The summed E-state index contributed by atoms with van der Waals surface area (Å²) >= 11 is 0. The van der Waals surface area contributed by atoms with Crippen LogP contribution in [-0.2, 0) is 11.2 Å². The highest BCUT2D eigenvalue weighted by molar-refractivity contribution is 5.82. The van der Waals surface area contributed by atoms with Crippen molar-refractivity contribution in [1.29, 1.82) is 0 Å². The number of alkyl halides is 3. The summed E-state index contributed by atoms with van der Waals surface area (Å²) in [6, 6.07) is 16.9. The third-order valence-corrected chi connectivity index (χ3v) is 4.75. The van der Waals surface area contributed by atoms with Gasteiger partial charge in [0.1, 0.15) is 11.6 Å². The molecule has 31 heavy (non-hydrogen) atoms. The SMILES string of the molecule is COc1ccc(F)c(-c2ccc(Cc3ccc(NNC(=O)C(F)(F)F)cc3)c(C)c2)c1. The van der Waals surface area contributed by atoms with Crippen LogP contribution < -0.4 is 15.6 Å². The summed E-state index contributed by atoms with van der Waals surface area (Å²) in [5.74, 6) is -1.84. The van der Waals surface area contributed by atoms with Crippen LogP contribution >= 0.6 is 0 Å². The molecule has 4 nitrogen and oxygen atoms in total. The molecule has 0 aromatic heterocycles. The summed E-state index contributed by atoms with van der Waals surface area (Å²) in [7, 11) is 1.52. The molecule has 3 rings (SSSR count). The lowest BCUT2D eigenvalue weighted by Gasteiger charge is -2.12. The molecule has 0 aliphatic rings. The van der Waals surface area contributed by atoms with Crippen molar-refractivity contribution < 1.29 is 27.1 Å². The Bertz CT molecular complexity index is 1080. The first kappa shape index (κ1) is 22.1. The van der Waals surface area contributed by atoms with E-state index in [1.807, 2.05) is 25.1 Å². The second-order valence-corrected chi connectivity index (χ2v) is 6.94. The highest BCUT2D eigenvalue weighted by Crippen LogP contribution is 2.29. The number of carbonyl (C=O) groups is 1. The third-order valence-electron chi connectivity index (χ3n) is 4.75. The molecule has 1 amide bonds. The second-order valence-electron chi connectivity index (χ2n) is 6.94. The number of methoxy groups -OCH3 is 1. The van der Waals surface area contributed by atoms with Crippen molar-refractivity contribution in [3.05, 3.63) is 83.2 Å². The smallest absolute Gasteiger partial charge is 0.472 e. The average Bonchev–Trinajstić information content (AvgIpc) is 2.74. The topological polar surface area (TPSA) is 50.4 Å². The van der Waals surface area contributed by atoms with E-state index in [0.717, 1.165) is 22.3 Å². The zero-order valence-electron chi connectivity index (χ0n) is 16.8. The van der Waals surface area contributed by atoms with E-state index in [2.05, 4.69) is 5.43 Å². The van der Waals surface area contributed by atoms with E-state index < -0.39 is 12.1 Å². The van der Waals surface area contributed by atoms with Crippen molar-refractivity contribution in [3.63, 3.8) is 0 Å². The first-order valence-corrected chi connectivity index (χ1v) is 9.33. The van der Waals surface area contributed by atoms with E-state index in [0.29, 0.717) is 23.4 Å². The van der Waals surface area contributed by atoms with Gasteiger partial charge >= 0.3 is 12.1 Å². The van der Waals surface area contributed by atoms with Crippen LogP contribution in [0.3, 0.4) is 0 Å². The molecule has 162 valence electrons. The predicted molar refractivity (Wildman–Crippen MR) is 110 cm³/mol. The quantitative estimate of drug-likeness (QED) is 0.405. The van der Waals surface area contributed by atoms with Gasteiger partial charge in [-0.15, -0.1) is 0 Å². The summed E-state index contributed by atoms with van der Waals surface area (Å²) < 4.78 is 56.0. The molecular formula is C23H20F4N2O2. The molecule has 0 aliphatic heterocycles. The molecule has 3 aromatic rings. The van der Waals surface area contributed by atoms with Gasteiger partial charge in [-0.2, -0.15) is 13.2 Å². The summed E-state index contributed by atoms with van der Waals surface area (Å²) in [5, 5.41) is 0. The maximum Gasteiger partial charge on any atom is 0.472 e. The van der Waals surface area contributed by atoms with Gasteiger partial charge in [-0.25, -0.2) is 4.39 Å². The van der Waals surface area contributed by atoms with Crippen molar-refractivity contribution in [2.45, 2.75) is 19.5 Å². The fourth-order valence-electron chi connectivity index (χ4n) is 3.04. The second kappa shape index (κ2) is 9.07. The standard InChI is InChI=1S/C23H20F4N2O2/c1-14-11-17(20-13-19(31-2)9-10-21(20)24)6-5-16(14)12-15-3-7-18(8-4-15)28-29-22(30)23(25,26)27/h3-11,13,28H,12H2,1-2H3,(H,29,30). The molecule has 8 heteroatoms. The Balaban J connectivity index is 1.70. The first-order chi connectivity index (χ1) is 14.7. The number of aryl methyl sites for hydroxylation is 1. The molecule has 0 aliphatic carbocycles. The normalized spacial score (nSPS) is 11.2. The van der Waals surface area contributed by atoms with Crippen molar-refractivity contribution >= 4 is 11.6 Å². The summed E-state index contributed by atoms with van der Waals surface area (Å²) in [4.78, 5) is 10.8. The monoisotopic (exact) mass is 432 g/mol. The first-order valence-electron chi connectivity index (χ1n) is 9.33. The van der Waals surface area contributed by atoms with Crippen LogP contribution in [0.1, 0.15) is 16.7 Å². The van der Waals surface area contributed by atoms with Crippen LogP contribution in [0.4, 0.5) is 23.2 Å². The van der Waals surface area contributed by atoms with Crippen molar-refractivity contribution in [1.82, 2.24) is 5.43 Å². The molecule has 0 atom stereocenters. The molecule has 2 N–H and O–H groups in total. The molecule has 0 radical (unpaired) electrons. The fraction of sp³-hybridized carbons (Fsp3) is 0.174. The summed E-state index contributed by atoms with van der Waals surface area (Å²) in [6.45, 7) is 1.93. The number of nitrogens with one attached hydrogen (secondary N) is 2. The van der Waals surface area contributed by atoms with Gasteiger partial charge in [0.25, 0.3) is 0 Å². The number of hydrazine groups is 1. The Morgan fingerprint density at radius 3 is 2.32 bits per heavy atom. The van der Waals surface area contributed by atoms with Gasteiger partial charge in [0.15, 0.2) is 0 Å². The van der Waals surface area contributed by atoms with Gasteiger partial charge in [-0.3, -0.25) is 15.6 Å². The summed E-state index contributed by atoms with van der Waals surface area (Å²) in [6.07, 6.45) is -4.37. The van der Waals surface area contributed by atoms with Gasteiger partial charge in [0.2, 0.25) is 0 Å². The van der Waals surface area contributed by atoms with Crippen LogP contribution in [0, 0.1) is 12.7 Å². The number of hydrogen-bond acceptors (Lipinski definition) is 3. The maximum absolute atomic E-state index is 14.2. The van der Waals surface area contributed by atoms with Crippen molar-refractivity contribution in [2.75, 3.05) is 12.5 Å². The fourth-order valence-corrected chi connectivity index (χ4v) is 3.04. The number of anilines is 1. The Labute approximate surface area is 176 Å². The molecule has 0 spiro atoms.